The molecule has 158 valence electrons. The summed E-state index contributed by atoms with van der Waals surface area (Å²) in [4.78, 5) is 24.9. The highest BCUT2D eigenvalue weighted by Crippen LogP contribution is 2.70. The van der Waals surface area contributed by atoms with Gasteiger partial charge < -0.3 is 24.8 Å². The largest absolute Gasteiger partial charge is 0.461 e. The molecule has 3 aliphatic rings. The van der Waals surface area contributed by atoms with E-state index in [2.05, 4.69) is 0 Å². The molecule has 7 atom stereocenters. The summed E-state index contributed by atoms with van der Waals surface area (Å²) in [5, 5.41) is 34.4. The fraction of sp³-hybridized carbons (Fsp3) is 0.636. The highest BCUT2D eigenvalue weighted by Gasteiger charge is 2.80. The number of aliphatic hydroxyl groups is 3. The third kappa shape index (κ3) is 2.41. The van der Waals surface area contributed by atoms with E-state index in [9.17, 15) is 24.9 Å². The molecule has 3 N–H and O–H groups in total. The molecule has 1 spiro atoms. The third-order valence-electron chi connectivity index (χ3n) is 8.13. The number of ether oxygens (including phenoxy) is 2. The van der Waals surface area contributed by atoms with Gasteiger partial charge in [-0.3, -0.25) is 4.79 Å². The van der Waals surface area contributed by atoms with Gasteiger partial charge in [0.05, 0.1) is 23.5 Å². The van der Waals surface area contributed by atoms with Gasteiger partial charge in [0.1, 0.15) is 23.9 Å². The average molecular weight is 404 g/mol. The molecule has 1 saturated heterocycles. The molecule has 3 fully saturated rings. The van der Waals surface area contributed by atoms with Crippen LogP contribution in [0.4, 0.5) is 0 Å². The van der Waals surface area contributed by atoms with Crippen LogP contribution in [0.5, 0.6) is 0 Å². The van der Waals surface area contributed by atoms with Crippen molar-refractivity contribution in [3.8, 4) is 0 Å². The Bertz CT molecular complexity index is 837. The molecule has 7 nitrogen and oxygen atoms in total. The molecule has 4 rings (SSSR count). The minimum atomic E-state index is -1.82. The van der Waals surface area contributed by atoms with Gasteiger partial charge in [0.25, 0.3) is 0 Å². The normalized spacial score (nSPS) is 46.0. The van der Waals surface area contributed by atoms with Gasteiger partial charge in [-0.1, -0.05) is 32.0 Å². The van der Waals surface area contributed by atoms with Gasteiger partial charge in [0.15, 0.2) is 0 Å². The highest BCUT2D eigenvalue weighted by molar-refractivity contribution is 5.89. The number of esters is 2. The van der Waals surface area contributed by atoms with Crippen molar-refractivity contribution in [2.24, 2.45) is 16.7 Å². The van der Waals surface area contributed by atoms with Crippen molar-refractivity contribution >= 4 is 11.9 Å². The maximum atomic E-state index is 12.5. The summed E-state index contributed by atoms with van der Waals surface area (Å²) in [6.45, 7) is 4.65. The van der Waals surface area contributed by atoms with Gasteiger partial charge in [-0.25, -0.2) is 4.79 Å². The predicted molar refractivity (Wildman–Crippen MR) is 102 cm³/mol. The standard InChI is InChI=1S/C22H28O7/c1-13-9-15(23)22(27)19(2,12-28-18(25)14-7-5-4-6-8-14)20(3,26)16-10-21(13,22)11-17(24)29-16/h4-8,13,15-16,23,26-27H,9-12H2,1-3H3. The summed E-state index contributed by atoms with van der Waals surface area (Å²) in [7, 11) is 0. The number of aliphatic hydroxyl groups excluding tert-OH is 1. The zero-order chi connectivity index (χ0) is 21.2. The molecule has 29 heavy (non-hydrogen) atoms. The zero-order valence-electron chi connectivity index (χ0n) is 16.9. The second kappa shape index (κ2) is 6.27. The SMILES string of the molecule is CC1CC(O)C2(O)C13CC(=O)OC(C3)C(C)(O)C2(C)COC(=O)c1ccccc1. The minimum absolute atomic E-state index is 0.0451. The van der Waals surface area contributed by atoms with Crippen molar-refractivity contribution < 1.29 is 34.4 Å². The third-order valence-corrected chi connectivity index (χ3v) is 8.13. The van der Waals surface area contributed by atoms with Crippen molar-refractivity contribution in [2.45, 2.75) is 63.4 Å². The lowest BCUT2D eigenvalue weighted by Gasteiger charge is -2.66. The van der Waals surface area contributed by atoms with Gasteiger partial charge in [-0.2, -0.15) is 0 Å². The second-order valence-electron chi connectivity index (χ2n) is 9.36. The second-order valence-corrected chi connectivity index (χ2v) is 9.36. The molecule has 0 aromatic heterocycles. The van der Waals surface area contributed by atoms with Crippen molar-refractivity contribution in [1.82, 2.24) is 0 Å². The molecule has 2 aliphatic carbocycles. The van der Waals surface area contributed by atoms with Crippen molar-refractivity contribution in [3.05, 3.63) is 35.9 Å². The number of carbonyl (C=O) groups excluding carboxylic acids is 2. The van der Waals surface area contributed by atoms with Gasteiger partial charge in [0.2, 0.25) is 0 Å². The van der Waals surface area contributed by atoms with E-state index in [1.54, 1.807) is 37.3 Å². The van der Waals surface area contributed by atoms with E-state index in [0.717, 1.165) is 0 Å². The first-order chi connectivity index (χ1) is 13.5. The Labute approximate surface area is 169 Å². The summed E-state index contributed by atoms with van der Waals surface area (Å²) in [5.41, 5.74) is -5.61. The lowest BCUT2D eigenvalue weighted by molar-refractivity contribution is -0.337. The van der Waals surface area contributed by atoms with E-state index in [-0.39, 0.29) is 31.8 Å². The van der Waals surface area contributed by atoms with Crippen LogP contribution in [0.25, 0.3) is 0 Å². The summed E-state index contributed by atoms with van der Waals surface area (Å²) in [5.74, 6) is -1.25. The first-order valence-electron chi connectivity index (χ1n) is 10.0. The number of rotatable bonds is 3. The average Bonchev–Trinajstić information content (AvgIpc) is 2.86. The Morgan fingerprint density at radius 2 is 1.90 bits per heavy atom. The van der Waals surface area contributed by atoms with Crippen LogP contribution in [-0.4, -0.2) is 57.3 Å². The van der Waals surface area contributed by atoms with E-state index in [1.165, 1.54) is 6.92 Å². The molecule has 1 aromatic rings. The summed E-state index contributed by atoms with van der Waals surface area (Å²) in [6, 6.07) is 8.43. The molecule has 1 aliphatic heterocycles. The Morgan fingerprint density at radius 3 is 2.55 bits per heavy atom. The van der Waals surface area contributed by atoms with Crippen LogP contribution < -0.4 is 0 Å². The number of fused-ring (bicyclic) bond motifs is 1. The molecular formula is C22H28O7. The molecule has 2 bridgehead atoms. The quantitative estimate of drug-likeness (QED) is 0.653. The zero-order valence-corrected chi connectivity index (χ0v) is 16.9. The van der Waals surface area contributed by atoms with Gasteiger partial charge in [0, 0.05) is 5.41 Å². The van der Waals surface area contributed by atoms with Crippen LogP contribution in [0.1, 0.15) is 50.4 Å². The Hall–Kier alpha value is -1.96. The molecule has 2 saturated carbocycles. The summed E-state index contributed by atoms with van der Waals surface area (Å²) >= 11 is 0. The van der Waals surface area contributed by atoms with E-state index < -0.39 is 46.2 Å². The molecule has 0 amide bonds. The number of hydrogen-bond donors (Lipinski definition) is 3. The highest BCUT2D eigenvalue weighted by atomic mass is 16.6. The van der Waals surface area contributed by atoms with Crippen LogP contribution in [0, 0.1) is 16.7 Å². The lowest BCUT2D eigenvalue weighted by Crippen LogP contribution is -2.79. The molecule has 0 radical (unpaired) electrons. The Balaban J connectivity index is 1.76. The molecule has 7 unspecified atom stereocenters. The number of carbonyl (C=O) groups is 2. The lowest BCUT2D eigenvalue weighted by atomic mass is 9.44. The van der Waals surface area contributed by atoms with E-state index in [1.807, 2.05) is 6.92 Å². The Morgan fingerprint density at radius 1 is 1.24 bits per heavy atom. The fourth-order valence-electron chi connectivity index (χ4n) is 6.10. The van der Waals surface area contributed by atoms with Crippen LogP contribution in [0.15, 0.2) is 30.3 Å². The van der Waals surface area contributed by atoms with Crippen molar-refractivity contribution in [2.75, 3.05) is 6.61 Å². The molecule has 1 heterocycles. The first kappa shape index (κ1) is 20.3. The van der Waals surface area contributed by atoms with Crippen molar-refractivity contribution in [1.29, 1.82) is 0 Å². The topological polar surface area (TPSA) is 113 Å². The van der Waals surface area contributed by atoms with Crippen LogP contribution in [0.2, 0.25) is 0 Å². The van der Waals surface area contributed by atoms with E-state index >= 15 is 0 Å². The van der Waals surface area contributed by atoms with Gasteiger partial charge in [-0.05, 0) is 37.8 Å². The maximum Gasteiger partial charge on any atom is 0.338 e. The van der Waals surface area contributed by atoms with Gasteiger partial charge >= 0.3 is 11.9 Å². The van der Waals surface area contributed by atoms with Crippen LogP contribution in [-0.2, 0) is 14.3 Å². The Kier molecular flexibility index (Phi) is 4.39. The molecule has 7 heteroatoms. The van der Waals surface area contributed by atoms with Gasteiger partial charge in [-0.15, -0.1) is 0 Å². The smallest absolute Gasteiger partial charge is 0.338 e. The van der Waals surface area contributed by atoms with E-state index in [0.29, 0.717) is 5.56 Å². The first-order valence-corrected chi connectivity index (χ1v) is 10.0. The van der Waals surface area contributed by atoms with Crippen molar-refractivity contribution in [3.63, 3.8) is 0 Å². The van der Waals surface area contributed by atoms with Crippen LogP contribution >= 0.6 is 0 Å². The summed E-state index contributed by atoms with van der Waals surface area (Å²) in [6.07, 6.45) is -1.54. The number of benzene rings is 1. The fourth-order valence-corrected chi connectivity index (χ4v) is 6.10. The minimum Gasteiger partial charge on any atom is -0.461 e. The summed E-state index contributed by atoms with van der Waals surface area (Å²) < 4.78 is 11.0. The molecular weight excluding hydrogens is 376 g/mol. The molecule has 1 aromatic carbocycles. The maximum absolute atomic E-state index is 12.5. The monoisotopic (exact) mass is 404 g/mol. The van der Waals surface area contributed by atoms with Crippen LogP contribution in [0.3, 0.4) is 0 Å². The predicted octanol–water partition coefficient (Wildman–Crippen LogP) is 1.44. The number of hydrogen-bond acceptors (Lipinski definition) is 7. The van der Waals surface area contributed by atoms with E-state index in [4.69, 9.17) is 9.47 Å².